The Bertz CT molecular complexity index is 687. The van der Waals surface area contributed by atoms with Gasteiger partial charge in [-0.25, -0.2) is 4.79 Å². The minimum atomic E-state index is -0.200. The molecule has 22 heavy (non-hydrogen) atoms. The number of nitrogens with one attached hydrogen (secondary N) is 1. The van der Waals surface area contributed by atoms with Gasteiger partial charge in [0, 0.05) is 30.0 Å². The molecule has 4 atom stereocenters. The normalized spacial score (nSPS) is 30.8. The minimum Gasteiger partial charge on any atom is -0.466 e. The number of ether oxygens (including phenoxy) is 1. The first-order valence-electron chi connectivity index (χ1n) is 7.76. The van der Waals surface area contributed by atoms with Gasteiger partial charge in [-0.15, -0.1) is 0 Å². The Balaban J connectivity index is 1.65. The lowest BCUT2D eigenvalue weighted by Gasteiger charge is -2.25. The first-order chi connectivity index (χ1) is 10.8. The Morgan fingerprint density at radius 3 is 2.68 bits per heavy atom. The van der Waals surface area contributed by atoms with Gasteiger partial charge in [-0.1, -0.05) is 54.6 Å². The van der Waals surface area contributed by atoms with E-state index in [1.807, 2.05) is 18.2 Å². The Morgan fingerprint density at radius 2 is 1.91 bits per heavy atom. The van der Waals surface area contributed by atoms with E-state index in [1.165, 1.54) is 12.7 Å². The molecule has 0 amide bonds. The maximum atomic E-state index is 12.3. The van der Waals surface area contributed by atoms with Crippen molar-refractivity contribution >= 4 is 5.97 Å². The van der Waals surface area contributed by atoms with Gasteiger partial charge in [0.2, 0.25) is 0 Å². The molecule has 0 aromatic heterocycles. The topological polar surface area (TPSA) is 38.3 Å². The summed E-state index contributed by atoms with van der Waals surface area (Å²) in [5.74, 6) is 1.14. The van der Waals surface area contributed by atoms with E-state index in [-0.39, 0.29) is 11.9 Å². The molecular weight excluding hydrogens is 274 g/mol. The molecule has 4 rings (SSSR count). The standard InChI is InChI=1S/C19H19NO2/c1-22-19(21)17-15-10-8-13-7-9-14(15)16(13)18(17)20-11-12-5-3-2-4-6-12/h2-10,13-16,20H,11H2,1H3/t13?,14-,15+,16-/m1/s1. The number of methoxy groups -OCH3 is 1. The largest absolute Gasteiger partial charge is 0.466 e. The summed E-state index contributed by atoms with van der Waals surface area (Å²) >= 11 is 0. The zero-order valence-electron chi connectivity index (χ0n) is 12.5. The van der Waals surface area contributed by atoms with Crippen LogP contribution >= 0.6 is 0 Å². The predicted octanol–water partition coefficient (Wildman–Crippen LogP) is 2.82. The summed E-state index contributed by atoms with van der Waals surface area (Å²) in [6.07, 6.45) is 8.94. The van der Waals surface area contributed by atoms with Crippen molar-refractivity contribution in [3.05, 3.63) is 71.5 Å². The van der Waals surface area contributed by atoms with Crippen LogP contribution in [0.15, 0.2) is 65.9 Å². The van der Waals surface area contributed by atoms with Crippen LogP contribution in [-0.2, 0) is 16.1 Å². The van der Waals surface area contributed by atoms with Crippen molar-refractivity contribution in [1.29, 1.82) is 0 Å². The van der Waals surface area contributed by atoms with Crippen molar-refractivity contribution in [3.63, 3.8) is 0 Å². The molecule has 0 saturated carbocycles. The Morgan fingerprint density at radius 1 is 1.14 bits per heavy atom. The summed E-state index contributed by atoms with van der Waals surface area (Å²) in [5, 5.41) is 3.53. The van der Waals surface area contributed by atoms with E-state index in [0.29, 0.717) is 17.8 Å². The van der Waals surface area contributed by atoms with Crippen LogP contribution in [0.3, 0.4) is 0 Å². The molecule has 1 N–H and O–H groups in total. The van der Waals surface area contributed by atoms with E-state index in [9.17, 15) is 4.79 Å². The van der Waals surface area contributed by atoms with Gasteiger partial charge in [0.1, 0.15) is 0 Å². The third kappa shape index (κ3) is 1.92. The van der Waals surface area contributed by atoms with E-state index >= 15 is 0 Å². The molecule has 1 aromatic rings. The summed E-state index contributed by atoms with van der Waals surface area (Å²) in [4.78, 5) is 12.3. The van der Waals surface area contributed by atoms with Crippen LogP contribution in [0, 0.1) is 23.7 Å². The van der Waals surface area contributed by atoms with E-state index in [2.05, 4.69) is 41.8 Å². The van der Waals surface area contributed by atoms with Gasteiger partial charge in [0.25, 0.3) is 0 Å². The van der Waals surface area contributed by atoms with E-state index < -0.39 is 0 Å². The zero-order valence-corrected chi connectivity index (χ0v) is 12.5. The molecule has 0 radical (unpaired) electrons. The average molecular weight is 293 g/mol. The van der Waals surface area contributed by atoms with Crippen LogP contribution in [0.2, 0.25) is 0 Å². The number of hydrogen-bond donors (Lipinski definition) is 1. The molecule has 3 heteroatoms. The van der Waals surface area contributed by atoms with Gasteiger partial charge in [-0.2, -0.15) is 0 Å². The molecular formula is C19H19NO2. The Labute approximate surface area is 130 Å². The smallest absolute Gasteiger partial charge is 0.336 e. The lowest BCUT2D eigenvalue weighted by Crippen LogP contribution is -2.25. The van der Waals surface area contributed by atoms with Crippen LogP contribution in [-0.4, -0.2) is 13.1 Å². The summed E-state index contributed by atoms with van der Waals surface area (Å²) in [5.41, 5.74) is 3.11. The fourth-order valence-corrected chi connectivity index (χ4v) is 4.05. The fourth-order valence-electron chi connectivity index (χ4n) is 4.05. The summed E-state index contributed by atoms with van der Waals surface area (Å²) in [6.45, 7) is 0.735. The molecule has 3 aliphatic rings. The summed E-state index contributed by atoms with van der Waals surface area (Å²) < 4.78 is 5.04. The molecule has 0 heterocycles. The SMILES string of the molecule is COC(=O)C1=C(NCc2ccccc2)[C@@H]2C3C=C[C@@H]2[C@@H]1C=C3. The molecule has 0 spiro atoms. The molecule has 1 aromatic carbocycles. The molecule has 3 aliphatic carbocycles. The molecule has 4 bridgehead atoms. The van der Waals surface area contributed by atoms with Crippen molar-refractivity contribution in [1.82, 2.24) is 5.32 Å². The molecule has 1 unspecified atom stereocenters. The van der Waals surface area contributed by atoms with Crippen LogP contribution in [0.5, 0.6) is 0 Å². The highest BCUT2D eigenvalue weighted by Crippen LogP contribution is 2.53. The van der Waals surface area contributed by atoms with Gasteiger partial charge in [-0.05, 0) is 11.5 Å². The van der Waals surface area contributed by atoms with Crippen molar-refractivity contribution in [2.75, 3.05) is 7.11 Å². The number of rotatable bonds is 4. The van der Waals surface area contributed by atoms with Crippen molar-refractivity contribution in [3.8, 4) is 0 Å². The number of hydrogen-bond acceptors (Lipinski definition) is 3. The quantitative estimate of drug-likeness (QED) is 0.685. The van der Waals surface area contributed by atoms with E-state index in [1.54, 1.807) is 0 Å². The van der Waals surface area contributed by atoms with Gasteiger partial charge in [-0.3, -0.25) is 0 Å². The van der Waals surface area contributed by atoms with Gasteiger partial charge in [0.05, 0.1) is 12.7 Å². The van der Waals surface area contributed by atoms with Crippen molar-refractivity contribution in [2.45, 2.75) is 6.54 Å². The van der Waals surface area contributed by atoms with Crippen molar-refractivity contribution < 1.29 is 9.53 Å². The summed E-state index contributed by atoms with van der Waals surface area (Å²) in [6, 6.07) is 10.3. The Hall–Kier alpha value is -2.29. The van der Waals surface area contributed by atoms with E-state index in [4.69, 9.17) is 4.74 Å². The Kier molecular flexibility index (Phi) is 3.14. The second-order valence-corrected chi connectivity index (χ2v) is 6.13. The third-order valence-electron chi connectivity index (χ3n) is 5.03. The molecule has 0 aliphatic heterocycles. The van der Waals surface area contributed by atoms with Crippen LogP contribution in [0.1, 0.15) is 5.56 Å². The minimum absolute atomic E-state index is 0.158. The summed E-state index contributed by atoms with van der Waals surface area (Å²) in [7, 11) is 1.46. The van der Waals surface area contributed by atoms with Crippen molar-refractivity contribution in [2.24, 2.45) is 23.7 Å². The number of benzene rings is 1. The number of allylic oxidation sites excluding steroid dienone is 5. The highest BCUT2D eigenvalue weighted by molar-refractivity contribution is 5.91. The predicted molar refractivity (Wildman–Crippen MR) is 84.6 cm³/mol. The number of carbonyl (C=O) groups is 1. The highest BCUT2D eigenvalue weighted by atomic mass is 16.5. The van der Waals surface area contributed by atoms with Crippen LogP contribution in [0.4, 0.5) is 0 Å². The maximum Gasteiger partial charge on any atom is 0.336 e. The van der Waals surface area contributed by atoms with E-state index in [0.717, 1.165) is 17.8 Å². The molecule has 0 fully saturated rings. The first-order valence-corrected chi connectivity index (χ1v) is 7.76. The first kappa shape index (κ1) is 13.4. The molecule has 0 saturated heterocycles. The third-order valence-corrected chi connectivity index (χ3v) is 5.03. The zero-order chi connectivity index (χ0) is 15.1. The van der Waals surface area contributed by atoms with Gasteiger partial charge in [0.15, 0.2) is 0 Å². The number of esters is 1. The monoisotopic (exact) mass is 293 g/mol. The highest BCUT2D eigenvalue weighted by Gasteiger charge is 2.50. The molecule has 3 nitrogen and oxygen atoms in total. The lowest BCUT2D eigenvalue weighted by atomic mass is 9.80. The average Bonchev–Trinajstić information content (AvgIpc) is 2.96. The van der Waals surface area contributed by atoms with Crippen LogP contribution in [0.25, 0.3) is 0 Å². The van der Waals surface area contributed by atoms with Crippen LogP contribution < -0.4 is 5.32 Å². The number of carbonyl (C=O) groups excluding carboxylic acids is 1. The molecule has 112 valence electrons. The second kappa shape index (κ2) is 5.16. The fraction of sp³-hybridized carbons (Fsp3) is 0.316. The van der Waals surface area contributed by atoms with Gasteiger partial charge >= 0.3 is 5.97 Å². The second-order valence-electron chi connectivity index (χ2n) is 6.13. The van der Waals surface area contributed by atoms with Gasteiger partial charge < -0.3 is 10.1 Å². The maximum absolute atomic E-state index is 12.3. The lowest BCUT2D eigenvalue weighted by molar-refractivity contribution is -0.136.